The SMILES string of the molecule is CCC[C@](C)(Nc1ccc(/C=C/c2ccc(/C=C3\N=C(SCC(=O)O)NC3=O)cc2)cc1)c1ccc(C=C(c2ccccc2)c2ccccc2)cc1. The summed E-state index contributed by atoms with van der Waals surface area (Å²) in [5.74, 6) is -1.47. The normalized spacial score (nSPS) is 14.5. The molecule has 0 aliphatic carbocycles. The predicted molar refractivity (Wildman–Crippen MR) is 218 cm³/mol. The van der Waals surface area contributed by atoms with Crippen LogP contribution in [0.4, 0.5) is 5.69 Å². The van der Waals surface area contributed by atoms with Gasteiger partial charge in [-0.05, 0) is 82.1 Å². The molecule has 0 saturated heterocycles. The fourth-order valence-electron chi connectivity index (χ4n) is 6.16. The van der Waals surface area contributed by atoms with Crippen molar-refractivity contribution in [1.82, 2.24) is 5.32 Å². The first-order valence-corrected chi connectivity index (χ1v) is 18.3. The average molecular weight is 704 g/mol. The van der Waals surface area contributed by atoms with E-state index in [4.69, 9.17) is 5.11 Å². The number of hydrogen-bond donors (Lipinski definition) is 3. The second-order valence-electron chi connectivity index (χ2n) is 12.8. The Morgan fingerprint density at radius 3 is 1.87 bits per heavy atom. The van der Waals surface area contributed by atoms with Crippen LogP contribution >= 0.6 is 11.8 Å². The van der Waals surface area contributed by atoms with Crippen molar-refractivity contribution in [2.24, 2.45) is 4.99 Å². The third-order valence-corrected chi connectivity index (χ3v) is 9.68. The van der Waals surface area contributed by atoms with Gasteiger partial charge in [0.05, 0.1) is 11.3 Å². The zero-order chi connectivity index (χ0) is 36.3. The van der Waals surface area contributed by atoms with Crippen molar-refractivity contribution >= 4 is 64.4 Å². The molecule has 6 nitrogen and oxygen atoms in total. The number of nitrogens with zero attached hydrogens (tertiary/aromatic N) is 1. The number of aliphatic imine (C=N–C) groups is 1. The Bertz CT molecular complexity index is 2080. The molecule has 3 N–H and O–H groups in total. The lowest BCUT2D eigenvalue weighted by molar-refractivity contribution is -0.133. The van der Waals surface area contributed by atoms with Crippen molar-refractivity contribution in [2.45, 2.75) is 32.2 Å². The maximum absolute atomic E-state index is 12.2. The van der Waals surface area contributed by atoms with Crippen molar-refractivity contribution in [3.63, 3.8) is 0 Å². The number of aliphatic carboxylic acids is 1. The molecule has 1 amide bonds. The van der Waals surface area contributed by atoms with Gasteiger partial charge in [-0.2, -0.15) is 0 Å². The van der Waals surface area contributed by atoms with E-state index in [2.05, 4.69) is 157 Å². The first kappa shape index (κ1) is 35.9. The van der Waals surface area contributed by atoms with E-state index in [0.717, 1.165) is 52.5 Å². The Morgan fingerprint density at radius 1 is 0.769 bits per heavy atom. The van der Waals surface area contributed by atoms with Crippen LogP contribution in [0.25, 0.3) is 29.9 Å². The molecule has 0 unspecified atom stereocenters. The quantitative estimate of drug-likeness (QED) is 0.0839. The average Bonchev–Trinajstić information content (AvgIpc) is 3.52. The van der Waals surface area contributed by atoms with E-state index in [-0.39, 0.29) is 22.9 Å². The van der Waals surface area contributed by atoms with Crippen molar-refractivity contribution in [1.29, 1.82) is 0 Å². The molecular formula is C45H41N3O3S. The number of carboxylic acid groups (broad SMARTS) is 1. The summed E-state index contributed by atoms with van der Waals surface area (Å²) in [6, 6.07) is 46.3. The van der Waals surface area contributed by atoms with Crippen molar-refractivity contribution in [2.75, 3.05) is 11.1 Å². The number of carbonyl (C=O) groups excluding carboxylic acids is 1. The van der Waals surface area contributed by atoms with E-state index in [1.54, 1.807) is 6.08 Å². The monoisotopic (exact) mass is 703 g/mol. The molecule has 0 aromatic heterocycles. The smallest absolute Gasteiger partial charge is 0.313 e. The lowest BCUT2D eigenvalue weighted by Gasteiger charge is -2.33. The molecule has 1 aliphatic heterocycles. The van der Waals surface area contributed by atoms with Crippen LogP contribution in [0.5, 0.6) is 0 Å². The Balaban J connectivity index is 1.11. The Kier molecular flexibility index (Phi) is 11.6. The second kappa shape index (κ2) is 16.9. The molecule has 0 bridgehead atoms. The molecule has 1 atom stereocenters. The number of benzene rings is 5. The van der Waals surface area contributed by atoms with Gasteiger partial charge in [-0.25, -0.2) is 4.99 Å². The number of amidine groups is 1. The summed E-state index contributed by atoms with van der Waals surface area (Å²) in [5.41, 5.74) is 10.00. The molecule has 0 radical (unpaired) electrons. The molecule has 7 heteroatoms. The summed E-state index contributed by atoms with van der Waals surface area (Å²) < 4.78 is 0. The van der Waals surface area contributed by atoms with E-state index < -0.39 is 5.97 Å². The number of carboxylic acids is 1. The van der Waals surface area contributed by atoms with Crippen LogP contribution in [0.15, 0.2) is 144 Å². The minimum Gasteiger partial charge on any atom is -0.481 e. The fraction of sp³-hybridized carbons (Fsp3) is 0.133. The number of carbonyl (C=O) groups is 2. The first-order chi connectivity index (χ1) is 25.3. The van der Waals surface area contributed by atoms with E-state index in [1.165, 1.54) is 22.3 Å². The Labute approximate surface area is 309 Å². The minimum absolute atomic E-state index is 0.162. The molecule has 0 saturated carbocycles. The van der Waals surface area contributed by atoms with E-state index in [9.17, 15) is 9.59 Å². The number of amides is 1. The lowest BCUT2D eigenvalue weighted by Crippen LogP contribution is -2.31. The topological polar surface area (TPSA) is 90.8 Å². The molecule has 52 heavy (non-hydrogen) atoms. The standard InChI is InChI=1S/C45H41N3O3S/c1-3-28-45(2,38-24-20-34(21-25-38)29-40(36-10-6-4-7-11-36)37-12-8-5-9-13-37)48-39-26-22-33(23-27-39)15-14-32-16-18-35(19-17-32)30-41-43(51)47-44(46-41)52-31-42(49)50/h4-27,29-30,48H,3,28,31H2,1-2H3,(H,49,50)(H,46,47,51)/b15-14+,41-30-/t45-/m0/s1. The van der Waals surface area contributed by atoms with Gasteiger partial charge in [0.25, 0.3) is 5.91 Å². The number of hydrogen-bond acceptors (Lipinski definition) is 5. The van der Waals surface area contributed by atoms with Crippen LogP contribution in [-0.4, -0.2) is 27.9 Å². The molecule has 5 aromatic carbocycles. The van der Waals surface area contributed by atoms with Crippen LogP contribution in [0, 0.1) is 0 Å². The van der Waals surface area contributed by atoms with Gasteiger partial charge in [0.2, 0.25) is 0 Å². The summed E-state index contributed by atoms with van der Waals surface area (Å²) in [5, 5.41) is 15.6. The summed E-state index contributed by atoms with van der Waals surface area (Å²) in [4.78, 5) is 27.2. The number of nitrogens with one attached hydrogen (secondary N) is 2. The van der Waals surface area contributed by atoms with Crippen LogP contribution in [0.1, 0.15) is 65.6 Å². The zero-order valence-corrected chi connectivity index (χ0v) is 30.1. The predicted octanol–water partition coefficient (Wildman–Crippen LogP) is 10.2. The highest BCUT2D eigenvalue weighted by atomic mass is 32.2. The maximum atomic E-state index is 12.2. The fourth-order valence-corrected chi connectivity index (χ4v) is 6.74. The van der Waals surface area contributed by atoms with Gasteiger partial charge in [-0.15, -0.1) is 0 Å². The molecule has 0 fully saturated rings. The van der Waals surface area contributed by atoms with Gasteiger partial charge >= 0.3 is 5.97 Å². The van der Waals surface area contributed by atoms with Gasteiger partial charge in [-0.1, -0.05) is 159 Å². The number of anilines is 1. The van der Waals surface area contributed by atoms with Gasteiger partial charge in [0.15, 0.2) is 5.17 Å². The third kappa shape index (κ3) is 9.44. The van der Waals surface area contributed by atoms with Crippen molar-refractivity contribution in [3.05, 3.63) is 178 Å². The molecule has 0 spiro atoms. The summed E-state index contributed by atoms with van der Waals surface area (Å²) in [6.45, 7) is 4.50. The van der Waals surface area contributed by atoms with Crippen LogP contribution in [0.3, 0.4) is 0 Å². The van der Waals surface area contributed by atoms with E-state index in [0.29, 0.717) is 5.17 Å². The third-order valence-electron chi connectivity index (χ3n) is 8.82. The van der Waals surface area contributed by atoms with Gasteiger partial charge < -0.3 is 10.4 Å². The number of thioether (sulfide) groups is 1. The zero-order valence-electron chi connectivity index (χ0n) is 29.3. The van der Waals surface area contributed by atoms with Gasteiger partial charge in [0, 0.05) is 5.69 Å². The highest BCUT2D eigenvalue weighted by molar-refractivity contribution is 8.14. The highest BCUT2D eigenvalue weighted by Gasteiger charge is 2.25. The second-order valence-corrected chi connectivity index (χ2v) is 13.8. The summed E-state index contributed by atoms with van der Waals surface area (Å²) in [6.07, 6.45) is 10.1. The van der Waals surface area contributed by atoms with Crippen LogP contribution in [-0.2, 0) is 15.1 Å². The van der Waals surface area contributed by atoms with Gasteiger partial charge in [-0.3, -0.25) is 14.9 Å². The highest BCUT2D eigenvalue weighted by Crippen LogP contribution is 2.33. The van der Waals surface area contributed by atoms with Crippen LogP contribution < -0.4 is 10.6 Å². The van der Waals surface area contributed by atoms with Crippen molar-refractivity contribution in [3.8, 4) is 0 Å². The molecule has 6 rings (SSSR count). The van der Waals surface area contributed by atoms with E-state index in [1.807, 2.05) is 24.3 Å². The lowest BCUT2D eigenvalue weighted by atomic mass is 9.86. The van der Waals surface area contributed by atoms with Crippen molar-refractivity contribution < 1.29 is 14.7 Å². The maximum Gasteiger partial charge on any atom is 0.313 e. The molecule has 1 aliphatic rings. The molecular weight excluding hydrogens is 663 g/mol. The Hall–Kier alpha value is -5.92. The van der Waals surface area contributed by atoms with Crippen LogP contribution in [0.2, 0.25) is 0 Å². The molecule has 5 aromatic rings. The molecule has 260 valence electrons. The summed E-state index contributed by atoms with van der Waals surface area (Å²) in [7, 11) is 0. The molecule has 1 heterocycles. The number of rotatable bonds is 13. The van der Waals surface area contributed by atoms with E-state index >= 15 is 0 Å². The van der Waals surface area contributed by atoms with Gasteiger partial charge in [0.1, 0.15) is 5.70 Å². The summed E-state index contributed by atoms with van der Waals surface area (Å²) >= 11 is 0.985. The first-order valence-electron chi connectivity index (χ1n) is 17.3. The minimum atomic E-state index is -0.964. The largest absolute Gasteiger partial charge is 0.481 e. The Morgan fingerprint density at radius 2 is 1.31 bits per heavy atom.